The topological polar surface area (TPSA) is 51.6 Å². The third kappa shape index (κ3) is 6.88. The number of fused-ring (bicyclic) bond motifs is 5. The Morgan fingerprint density at radius 1 is 0.292 bits per heavy atom. The molecule has 4 nitrogen and oxygen atoms in total. The van der Waals surface area contributed by atoms with Gasteiger partial charge in [0.1, 0.15) is 0 Å². The van der Waals surface area contributed by atoms with Gasteiger partial charge in [-0.2, -0.15) is 0 Å². The van der Waals surface area contributed by atoms with Crippen LogP contribution in [-0.4, -0.2) is 19.9 Å². The average Bonchev–Trinajstić information content (AvgIpc) is 3.60. The van der Waals surface area contributed by atoms with Gasteiger partial charge in [0, 0.05) is 33.1 Å². The molecule has 0 saturated carbocycles. The number of hydrogen-bond acceptors (Lipinski definition) is 4. The predicted octanol–water partition coefficient (Wildman–Crippen LogP) is 15.5. The average molecular weight is 831 g/mol. The quantitative estimate of drug-likeness (QED) is 0.161. The van der Waals surface area contributed by atoms with Crippen LogP contribution in [0.2, 0.25) is 0 Å². The summed E-state index contributed by atoms with van der Waals surface area (Å²) in [5, 5.41) is 3.55. The summed E-state index contributed by atoms with van der Waals surface area (Å²) in [6, 6.07) is 77.4. The van der Waals surface area contributed by atoms with E-state index >= 15 is 0 Å². The lowest BCUT2D eigenvalue weighted by Crippen LogP contribution is -2.14. The largest absolute Gasteiger partial charge is 0.248 e. The van der Waals surface area contributed by atoms with E-state index < -0.39 is 0 Å². The fourth-order valence-electron chi connectivity index (χ4n) is 9.68. The first-order valence-electron chi connectivity index (χ1n) is 22.2. The van der Waals surface area contributed by atoms with Crippen molar-refractivity contribution >= 4 is 21.7 Å². The second-order valence-electron chi connectivity index (χ2n) is 17.5. The van der Waals surface area contributed by atoms with E-state index in [-0.39, 0.29) is 5.41 Å². The molecule has 306 valence electrons. The van der Waals surface area contributed by atoms with Crippen LogP contribution in [0, 0.1) is 0 Å². The summed E-state index contributed by atoms with van der Waals surface area (Å²) in [6.07, 6.45) is 0. The Morgan fingerprint density at radius 3 is 1.43 bits per heavy atom. The van der Waals surface area contributed by atoms with Crippen molar-refractivity contribution in [3.63, 3.8) is 0 Å². The van der Waals surface area contributed by atoms with Gasteiger partial charge in [-0.3, -0.25) is 0 Å². The van der Waals surface area contributed by atoms with Crippen LogP contribution in [0.1, 0.15) is 25.0 Å². The highest BCUT2D eigenvalue weighted by atomic mass is 15.0. The van der Waals surface area contributed by atoms with Gasteiger partial charge in [0.15, 0.2) is 17.5 Å². The first kappa shape index (κ1) is 38.3. The van der Waals surface area contributed by atoms with Gasteiger partial charge in [0.05, 0.1) is 11.2 Å². The van der Waals surface area contributed by atoms with Crippen molar-refractivity contribution in [1.29, 1.82) is 0 Å². The van der Waals surface area contributed by atoms with Crippen molar-refractivity contribution in [3.8, 4) is 89.9 Å². The molecule has 1 aliphatic carbocycles. The Morgan fingerprint density at radius 2 is 0.800 bits per heavy atom. The van der Waals surface area contributed by atoms with E-state index in [0.29, 0.717) is 17.5 Å². The van der Waals surface area contributed by atoms with E-state index in [1.165, 1.54) is 33.0 Å². The van der Waals surface area contributed by atoms with Crippen molar-refractivity contribution in [2.24, 2.45) is 0 Å². The van der Waals surface area contributed by atoms with Gasteiger partial charge < -0.3 is 0 Å². The maximum absolute atomic E-state index is 5.49. The highest BCUT2D eigenvalue weighted by molar-refractivity contribution is 6.03. The van der Waals surface area contributed by atoms with Crippen molar-refractivity contribution in [2.75, 3.05) is 0 Å². The summed E-state index contributed by atoms with van der Waals surface area (Å²) < 4.78 is 0. The van der Waals surface area contributed by atoms with E-state index in [1.54, 1.807) is 0 Å². The van der Waals surface area contributed by atoms with Crippen LogP contribution in [0.25, 0.3) is 112 Å². The van der Waals surface area contributed by atoms with Crippen molar-refractivity contribution < 1.29 is 0 Å². The molecule has 0 saturated heterocycles. The number of aromatic nitrogens is 4. The van der Waals surface area contributed by atoms with Crippen LogP contribution in [0.4, 0.5) is 0 Å². The van der Waals surface area contributed by atoms with Crippen LogP contribution in [-0.2, 0) is 5.41 Å². The lowest BCUT2D eigenvalue weighted by Gasteiger charge is -2.22. The molecule has 0 bridgehead atoms. The third-order valence-corrected chi connectivity index (χ3v) is 13.1. The maximum atomic E-state index is 5.49. The summed E-state index contributed by atoms with van der Waals surface area (Å²) in [6.45, 7) is 4.66. The molecule has 9 aromatic carbocycles. The molecule has 0 N–H and O–H groups in total. The molecule has 0 atom stereocenters. The lowest BCUT2D eigenvalue weighted by molar-refractivity contribution is 0.661. The van der Waals surface area contributed by atoms with E-state index in [1.807, 2.05) is 12.1 Å². The molecule has 2 aromatic heterocycles. The zero-order valence-electron chi connectivity index (χ0n) is 36.1. The molecule has 11 aromatic rings. The summed E-state index contributed by atoms with van der Waals surface area (Å²) in [7, 11) is 0. The number of rotatable bonds is 7. The molecule has 0 amide bonds. The number of pyridine rings is 1. The smallest absolute Gasteiger partial charge is 0.164 e. The molecule has 65 heavy (non-hydrogen) atoms. The summed E-state index contributed by atoms with van der Waals surface area (Å²) >= 11 is 0. The van der Waals surface area contributed by atoms with E-state index in [0.717, 1.165) is 72.2 Å². The third-order valence-electron chi connectivity index (χ3n) is 13.1. The normalized spacial score (nSPS) is 12.6. The minimum absolute atomic E-state index is 0.157. The minimum Gasteiger partial charge on any atom is -0.248 e. The number of hydrogen-bond donors (Lipinski definition) is 0. The highest BCUT2D eigenvalue weighted by Crippen LogP contribution is 2.50. The molecule has 12 rings (SSSR count). The van der Waals surface area contributed by atoms with Gasteiger partial charge in [-0.1, -0.05) is 190 Å². The Hall–Kier alpha value is -8.34. The second-order valence-corrected chi connectivity index (χ2v) is 17.5. The van der Waals surface area contributed by atoms with Gasteiger partial charge in [0.2, 0.25) is 0 Å². The molecular formula is C61H42N4. The van der Waals surface area contributed by atoms with Gasteiger partial charge in [-0.25, -0.2) is 19.9 Å². The Kier molecular flexibility index (Phi) is 9.13. The fraction of sp³-hybridized carbons (Fsp3) is 0.0492. The van der Waals surface area contributed by atoms with Crippen LogP contribution in [0.3, 0.4) is 0 Å². The Labute approximate surface area is 378 Å². The van der Waals surface area contributed by atoms with Gasteiger partial charge in [-0.15, -0.1) is 0 Å². The molecule has 1 aliphatic rings. The molecule has 4 heteroatoms. The maximum Gasteiger partial charge on any atom is 0.164 e. The van der Waals surface area contributed by atoms with E-state index in [2.05, 4.69) is 220 Å². The molecular weight excluding hydrogens is 789 g/mol. The lowest BCUT2D eigenvalue weighted by atomic mass is 9.82. The van der Waals surface area contributed by atoms with Crippen LogP contribution in [0.15, 0.2) is 218 Å². The zero-order chi connectivity index (χ0) is 43.5. The van der Waals surface area contributed by atoms with Crippen LogP contribution >= 0.6 is 0 Å². The second kappa shape index (κ2) is 15.5. The van der Waals surface area contributed by atoms with Crippen LogP contribution in [0.5, 0.6) is 0 Å². The summed E-state index contributed by atoms with van der Waals surface area (Å²) in [5.41, 5.74) is 17.4. The Balaban J connectivity index is 1.03. The first-order chi connectivity index (χ1) is 31.9. The first-order valence-corrected chi connectivity index (χ1v) is 22.2. The summed E-state index contributed by atoms with van der Waals surface area (Å²) in [5.74, 6) is 1.81. The van der Waals surface area contributed by atoms with Gasteiger partial charge >= 0.3 is 0 Å². The number of nitrogens with zero attached hydrogens (tertiary/aromatic N) is 4. The molecule has 0 unspecified atom stereocenters. The molecule has 0 aliphatic heterocycles. The fourth-order valence-corrected chi connectivity index (χ4v) is 9.68. The predicted molar refractivity (Wildman–Crippen MR) is 268 cm³/mol. The summed E-state index contributed by atoms with van der Waals surface area (Å²) in [4.78, 5) is 21.1. The highest BCUT2D eigenvalue weighted by Gasteiger charge is 2.36. The monoisotopic (exact) mass is 830 g/mol. The molecule has 0 radical (unpaired) electrons. The standard InChI is InChI=1S/C61H42N4/c1-61(2)54-29-12-11-28-50(54)52-36-53-51(45-31-30-41-20-9-10-21-42(41)32-45)37-56(62-57(53)38-55(52)61)46-24-15-27-49(35-46)60-64-58(47-25-13-22-43(33-47)39-16-5-3-6-17-39)63-59(65-60)48-26-14-23-44(34-48)40-18-7-4-8-19-40/h3-38H,1-2H3. The zero-order valence-corrected chi connectivity index (χ0v) is 36.1. The molecule has 0 fully saturated rings. The Bertz CT molecular complexity index is 3530. The van der Waals surface area contributed by atoms with E-state index in [4.69, 9.17) is 19.9 Å². The van der Waals surface area contributed by atoms with Crippen molar-refractivity contribution in [1.82, 2.24) is 19.9 Å². The van der Waals surface area contributed by atoms with Gasteiger partial charge in [-0.05, 0) is 109 Å². The van der Waals surface area contributed by atoms with Crippen LogP contribution < -0.4 is 0 Å². The minimum atomic E-state index is -0.157. The van der Waals surface area contributed by atoms with E-state index in [9.17, 15) is 0 Å². The SMILES string of the molecule is CC1(C)c2ccccc2-c2cc3c(-c4ccc5ccccc5c4)cc(-c4cccc(-c5nc(-c6cccc(-c7ccccc7)c6)nc(-c6cccc(-c7ccccc7)c6)n5)c4)nc3cc21. The van der Waals surface area contributed by atoms with Crippen molar-refractivity contribution in [3.05, 3.63) is 230 Å². The number of benzene rings is 9. The molecule has 2 heterocycles. The van der Waals surface area contributed by atoms with Crippen molar-refractivity contribution in [2.45, 2.75) is 19.3 Å². The molecule has 0 spiro atoms. The van der Waals surface area contributed by atoms with Gasteiger partial charge in [0.25, 0.3) is 0 Å².